The van der Waals surface area contributed by atoms with Gasteiger partial charge in [0.25, 0.3) is 5.91 Å². The second kappa shape index (κ2) is 5.07. The largest absolute Gasteiger partial charge is 0.481 e. The van der Waals surface area contributed by atoms with E-state index in [-0.39, 0.29) is 23.6 Å². The maximum absolute atomic E-state index is 11.7. The van der Waals surface area contributed by atoms with E-state index in [1.807, 2.05) is 0 Å². The van der Waals surface area contributed by atoms with Crippen LogP contribution in [0.5, 0.6) is 0 Å². The highest BCUT2D eigenvalue weighted by atomic mass is 16.4. The second-order valence-electron chi connectivity index (χ2n) is 4.52. The Hall–Kier alpha value is -2.05. The Labute approximate surface area is 103 Å². The lowest BCUT2D eigenvalue weighted by Gasteiger charge is -2.26. The summed E-state index contributed by atoms with van der Waals surface area (Å²) in [7, 11) is 0. The van der Waals surface area contributed by atoms with E-state index in [9.17, 15) is 14.4 Å². The fourth-order valence-corrected chi connectivity index (χ4v) is 2.20. The molecule has 0 aromatic carbocycles. The zero-order chi connectivity index (χ0) is 13.1. The molecule has 1 heterocycles. The van der Waals surface area contributed by atoms with E-state index in [1.165, 1.54) is 6.20 Å². The minimum atomic E-state index is -0.769. The number of hydrogen-bond donors (Lipinski definition) is 4. The van der Waals surface area contributed by atoms with Crippen LogP contribution in [-0.4, -0.2) is 33.0 Å². The summed E-state index contributed by atoms with van der Waals surface area (Å²) in [5, 5.41) is 11.6. The van der Waals surface area contributed by atoms with E-state index in [4.69, 9.17) is 5.11 Å². The average molecular weight is 253 g/mol. The maximum Gasteiger partial charge on any atom is 0.323 e. The van der Waals surface area contributed by atoms with E-state index in [2.05, 4.69) is 15.3 Å². The summed E-state index contributed by atoms with van der Waals surface area (Å²) >= 11 is 0. The predicted octanol–water partition coefficient (Wildman–Crippen LogP) is 0.0762. The van der Waals surface area contributed by atoms with Gasteiger partial charge in [-0.3, -0.25) is 9.59 Å². The highest BCUT2D eigenvalue weighted by molar-refractivity contribution is 5.92. The summed E-state index contributed by atoms with van der Waals surface area (Å²) in [6.07, 6.45) is 3.77. The molecular formula is C11H15N3O4. The first-order valence-electron chi connectivity index (χ1n) is 5.87. The van der Waals surface area contributed by atoms with E-state index in [1.54, 1.807) is 0 Å². The molecule has 7 nitrogen and oxygen atoms in total. The van der Waals surface area contributed by atoms with Crippen LogP contribution in [0.2, 0.25) is 0 Å². The van der Waals surface area contributed by atoms with Gasteiger partial charge in [0.1, 0.15) is 5.69 Å². The number of carbonyl (C=O) groups is 2. The molecule has 0 spiro atoms. The Kier molecular flexibility index (Phi) is 3.50. The van der Waals surface area contributed by atoms with Crippen molar-refractivity contribution >= 4 is 11.9 Å². The Morgan fingerprint density at radius 3 is 2.44 bits per heavy atom. The van der Waals surface area contributed by atoms with Crippen molar-refractivity contribution in [2.45, 2.75) is 31.7 Å². The van der Waals surface area contributed by atoms with E-state index in [0.717, 1.165) is 0 Å². The number of rotatable bonds is 3. The molecule has 1 saturated carbocycles. The van der Waals surface area contributed by atoms with Gasteiger partial charge in [0.2, 0.25) is 0 Å². The van der Waals surface area contributed by atoms with Gasteiger partial charge in [-0.25, -0.2) is 4.79 Å². The number of nitrogens with one attached hydrogen (secondary N) is 3. The summed E-state index contributed by atoms with van der Waals surface area (Å²) in [6.45, 7) is 0. The molecule has 1 amide bonds. The molecule has 0 aliphatic heterocycles. The molecule has 18 heavy (non-hydrogen) atoms. The maximum atomic E-state index is 11.7. The fourth-order valence-electron chi connectivity index (χ4n) is 2.20. The van der Waals surface area contributed by atoms with Gasteiger partial charge in [-0.2, -0.15) is 0 Å². The van der Waals surface area contributed by atoms with Crippen molar-refractivity contribution in [2.24, 2.45) is 5.92 Å². The molecular weight excluding hydrogens is 238 g/mol. The minimum absolute atomic E-state index is 0.0218. The lowest BCUT2D eigenvalue weighted by molar-refractivity contribution is -0.142. The topological polar surface area (TPSA) is 115 Å². The zero-order valence-corrected chi connectivity index (χ0v) is 9.73. The van der Waals surface area contributed by atoms with Crippen LogP contribution in [0.25, 0.3) is 0 Å². The van der Waals surface area contributed by atoms with Crippen LogP contribution >= 0.6 is 0 Å². The van der Waals surface area contributed by atoms with Crippen molar-refractivity contribution in [2.75, 3.05) is 0 Å². The van der Waals surface area contributed by atoms with Crippen LogP contribution in [0.1, 0.15) is 36.2 Å². The summed E-state index contributed by atoms with van der Waals surface area (Å²) in [6, 6.07) is -0.0218. The number of amides is 1. The van der Waals surface area contributed by atoms with Crippen molar-refractivity contribution in [3.63, 3.8) is 0 Å². The van der Waals surface area contributed by atoms with Crippen LogP contribution in [-0.2, 0) is 4.79 Å². The number of hydrogen-bond acceptors (Lipinski definition) is 3. The summed E-state index contributed by atoms with van der Waals surface area (Å²) in [4.78, 5) is 38.1. The van der Waals surface area contributed by atoms with Crippen LogP contribution in [0, 0.1) is 5.92 Å². The summed E-state index contributed by atoms with van der Waals surface area (Å²) < 4.78 is 0. The number of H-pyrrole nitrogens is 2. The van der Waals surface area contributed by atoms with Crippen molar-refractivity contribution in [3.05, 3.63) is 22.4 Å². The number of aliphatic carboxylic acids is 1. The number of carboxylic acid groups (broad SMARTS) is 1. The molecule has 98 valence electrons. The third-order valence-electron chi connectivity index (χ3n) is 3.25. The molecule has 1 fully saturated rings. The van der Waals surface area contributed by atoms with Gasteiger partial charge < -0.3 is 20.4 Å². The molecule has 0 radical (unpaired) electrons. The Morgan fingerprint density at radius 1 is 1.28 bits per heavy atom. The fraction of sp³-hybridized carbons (Fsp3) is 0.545. The van der Waals surface area contributed by atoms with Gasteiger partial charge in [0, 0.05) is 12.2 Å². The Bertz CT molecular complexity index is 496. The molecule has 4 N–H and O–H groups in total. The molecule has 0 atom stereocenters. The van der Waals surface area contributed by atoms with Gasteiger partial charge in [-0.15, -0.1) is 0 Å². The molecule has 0 unspecified atom stereocenters. The number of imidazole rings is 1. The number of aromatic nitrogens is 2. The first-order chi connectivity index (χ1) is 8.56. The third-order valence-corrected chi connectivity index (χ3v) is 3.25. The predicted molar refractivity (Wildman–Crippen MR) is 62.3 cm³/mol. The van der Waals surface area contributed by atoms with E-state index < -0.39 is 11.7 Å². The standard InChI is InChI=1S/C11H15N3O4/c15-9(8-5-12-11(18)14-8)13-7-3-1-6(2-4-7)10(16)17/h5-7H,1-4H2,(H,13,15)(H,16,17)(H2,12,14,18). The first-order valence-corrected chi connectivity index (χ1v) is 5.87. The molecule has 2 rings (SSSR count). The van der Waals surface area contributed by atoms with E-state index >= 15 is 0 Å². The summed E-state index contributed by atoms with van der Waals surface area (Å²) in [5.74, 6) is -1.41. The molecule has 1 aromatic heterocycles. The smallest absolute Gasteiger partial charge is 0.323 e. The van der Waals surface area contributed by atoms with Gasteiger partial charge in [-0.05, 0) is 25.7 Å². The molecule has 1 aliphatic rings. The van der Waals surface area contributed by atoms with Crippen molar-refractivity contribution in [1.82, 2.24) is 15.3 Å². The Morgan fingerprint density at radius 2 is 1.94 bits per heavy atom. The van der Waals surface area contributed by atoms with Gasteiger partial charge in [0.15, 0.2) is 0 Å². The van der Waals surface area contributed by atoms with Crippen molar-refractivity contribution < 1.29 is 14.7 Å². The molecule has 1 aromatic rings. The van der Waals surface area contributed by atoms with Crippen LogP contribution in [0.15, 0.2) is 11.0 Å². The summed E-state index contributed by atoms with van der Waals surface area (Å²) in [5.41, 5.74) is -0.227. The quantitative estimate of drug-likeness (QED) is 0.610. The number of carboxylic acids is 1. The van der Waals surface area contributed by atoms with Crippen LogP contribution < -0.4 is 11.0 Å². The molecule has 1 aliphatic carbocycles. The number of aromatic amines is 2. The lowest BCUT2D eigenvalue weighted by Crippen LogP contribution is -2.39. The van der Waals surface area contributed by atoms with Crippen molar-refractivity contribution in [1.29, 1.82) is 0 Å². The average Bonchev–Trinajstić information content (AvgIpc) is 2.76. The lowest BCUT2D eigenvalue weighted by atomic mass is 9.86. The van der Waals surface area contributed by atoms with Gasteiger partial charge in [-0.1, -0.05) is 0 Å². The van der Waals surface area contributed by atoms with Crippen LogP contribution in [0.4, 0.5) is 0 Å². The second-order valence-corrected chi connectivity index (χ2v) is 4.52. The molecule has 7 heteroatoms. The van der Waals surface area contributed by atoms with Gasteiger partial charge in [0.05, 0.1) is 5.92 Å². The first kappa shape index (κ1) is 12.4. The highest BCUT2D eigenvalue weighted by Crippen LogP contribution is 2.24. The van der Waals surface area contributed by atoms with Crippen molar-refractivity contribution in [3.8, 4) is 0 Å². The molecule has 0 bridgehead atoms. The zero-order valence-electron chi connectivity index (χ0n) is 9.73. The Balaban J connectivity index is 1.86. The van der Waals surface area contributed by atoms with Gasteiger partial charge >= 0.3 is 11.7 Å². The monoisotopic (exact) mass is 253 g/mol. The minimum Gasteiger partial charge on any atom is -0.481 e. The third kappa shape index (κ3) is 2.79. The van der Waals surface area contributed by atoms with Crippen LogP contribution in [0.3, 0.4) is 0 Å². The van der Waals surface area contributed by atoms with E-state index in [0.29, 0.717) is 25.7 Å². The SMILES string of the molecule is O=C(NC1CCC(C(=O)O)CC1)c1c[nH]c(=O)[nH]1. The number of carbonyl (C=O) groups excluding carboxylic acids is 1. The normalized spacial score (nSPS) is 23.6. The molecule has 0 saturated heterocycles. The highest BCUT2D eigenvalue weighted by Gasteiger charge is 2.27.